The molecule has 1 aromatic heterocycles. The number of amides is 2. The fourth-order valence-electron chi connectivity index (χ4n) is 4.18. The van der Waals surface area contributed by atoms with Crippen LogP contribution in [-0.4, -0.2) is 77.5 Å². The summed E-state index contributed by atoms with van der Waals surface area (Å²) in [5, 5.41) is 2.80. The molecule has 3 heterocycles. The van der Waals surface area contributed by atoms with Crippen LogP contribution >= 0.6 is 0 Å². The Morgan fingerprint density at radius 1 is 1.19 bits per heavy atom. The van der Waals surface area contributed by atoms with E-state index in [4.69, 9.17) is 4.74 Å². The minimum atomic E-state index is -0.338. The van der Waals surface area contributed by atoms with Crippen molar-refractivity contribution in [2.45, 2.75) is 25.7 Å². The van der Waals surface area contributed by atoms with Gasteiger partial charge in [-0.3, -0.25) is 14.5 Å². The topological polar surface area (TPSA) is 87.7 Å². The molecule has 4 rings (SSSR count). The Morgan fingerprint density at radius 3 is 2.66 bits per heavy atom. The van der Waals surface area contributed by atoms with Crippen molar-refractivity contribution in [3.63, 3.8) is 0 Å². The molecule has 0 saturated carbocycles. The van der Waals surface area contributed by atoms with Crippen LogP contribution in [0.5, 0.6) is 0 Å². The lowest BCUT2D eigenvalue weighted by Gasteiger charge is -2.31. The SMILES string of the molecule is Cc1nc([C@@H]2CCCN(CC(=O)Nc3ccc(F)cc3)C2)ncc1C(=O)N1CCOCC1. The van der Waals surface area contributed by atoms with Crippen LogP contribution in [0.25, 0.3) is 0 Å². The van der Waals surface area contributed by atoms with Gasteiger partial charge in [0, 0.05) is 37.4 Å². The van der Waals surface area contributed by atoms with Crippen molar-refractivity contribution < 1.29 is 18.7 Å². The lowest BCUT2D eigenvalue weighted by atomic mass is 9.97. The molecule has 1 N–H and O–H groups in total. The number of nitrogens with zero attached hydrogens (tertiary/aromatic N) is 4. The molecule has 0 aliphatic carbocycles. The summed E-state index contributed by atoms with van der Waals surface area (Å²) in [7, 11) is 0. The number of carbonyl (C=O) groups excluding carboxylic acids is 2. The van der Waals surface area contributed by atoms with Gasteiger partial charge in [0.1, 0.15) is 11.6 Å². The number of hydrogen-bond donors (Lipinski definition) is 1. The number of rotatable bonds is 5. The molecule has 8 nitrogen and oxygen atoms in total. The van der Waals surface area contributed by atoms with Gasteiger partial charge < -0.3 is 15.0 Å². The first-order valence-corrected chi connectivity index (χ1v) is 11.0. The van der Waals surface area contributed by atoms with Crippen LogP contribution < -0.4 is 5.32 Å². The van der Waals surface area contributed by atoms with Crippen LogP contribution in [0.1, 0.15) is 40.6 Å². The summed E-state index contributed by atoms with van der Waals surface area (Å²) in [6, 6.07) is 5.73. The maximum atomic E-state index is 13.0. The van der Waals surface area contributed by atoms with Gasteiger partial charge in [-0.05, 0) is 50.6 Å². The van der Waals surface area contributed by atoms with E-state index in [9.17, 15) is 14.0 Å². The average Bonchev–Trinajstić information content (AvgIpc) is 2.81. The summed E-state index contributed by atoms with van der Waals surface area (Å²) in [4.78, 5) is 38.2. The van der Waals surface area contributed by atoms with Gasteiger partial charge in [-0.15, -0.1) is 0 Å². The molecular weight excluding hydrogens is 413 g/mol. The molecule has 9 heteroatoms. The number of likely N-dealkylation sites (tertiary alicyclic amines) is 1. The van der Waals surface area contributed by atoms with Gasteiger partial charge in [0.2, 0.25) is 5.91 Å². The fraction of sp³-hybridized carbons (Fsp3) is 0.478. The predicted molar refractivity (Wildman–Crippen MR) is 117 cm³/mol. The first-order valence-electron chi connectivity index (χ1n) is 11.0. The molecule has 2 saturated heterocycles. The molecule has 0 radical (unpaired) electrons. The summed E-state index contributed by atoms with van der Waals surface area (Å²) >= 11 is 0. The van der Waals surface area contributed by atoms with Crippen molar-refractivity contribution in [3.8, 4) is 0 Å². The van der Waals surface area contributed by atoms with Gasteiger partial charge in [-0.25, -0.2) is 14.4 Å². The normalized spacial score (nSPS) is 19.6. The number of benzene rings is 1. The number of halogens is 1. The highest BCUT2D eigenvalue weighted by atomic mass is 19.1. The van der Waals surface area contributed by atoms with Crippen LogP contribution in [0.4, 0.5) is 10.1 Å². The number of morpholine rings is 1. The fourth-order valence-corrected chi connectivity index (χ4v) is 4.18. The number of piperidine rings is 1. The highest BCUT2D eigenvalue weighted by Gasteiger charge is 2.27. The molecule has 2 aliphatic heterocycles. The van der Waals surface area contributed by atoms with Crippen molar-refractivity contribution in [1.29, 1.82) is 0 Å². The third kappa shape index (κ3) is 5.46. The Labute approximate surface area is 186 Å². The number of hydrogen-bond acceptors (Lipinski definition) is 6. The third-order valence-corrected chi connectivity index (χ3v) is 5.89. The van der Waals surface area contributed by atoms with E-state index in [-0.39, 0.29) is 30.1 Å². The molecule has 32 heavy (non-hydrogen) atoms. The maximum absolute atomic E-state index is 13.0. The highest BCUT2D eigenvalue weighted by molar-refractivity contribution is 5.95. The standard InChI is InChI=1S/C23H28FN5O3/c1-16-20(23(31)29-9-11-32-12-10-29)13-25-22(26-16)17-3-2-8-28(14-17)15-21(30)27-19-6-4-18(24)5-7-19/h4-7,13,17H,2-3,8-12,14-15H2,1H3,(H,27,30)/t17-/m1/s1. The zero-order chi connectivity index (χ0) is 22.5. The van der Waals surface area contributed by atoms with Gasteiger partial charge in [0.25, 0.3) is 5.91 Å². The summed E-state index contributed by atoms with van der Waals surface area (Å²) in [5.74, 6) is 0.286. The molecule has 2 amide bonds. The quantitative estimate of drug-likeness (QED) is 0.766. The molecule has 0 spiro atoms. The van der Waals surface area contributed by atoms with E-state index in [1.54, 1.807) is 23.2 Å². The predicted octanol–water partition coefficient (Wildman–Crippen LogP) is 2.21. The molecule has 0 unspecified atom stereocenters. The Bertz CT molecular complexity index is 963. The van der Waals surface area contributed by atoms with E-state index in [1.165, 1.54) is 12.1 Å². The first kappa shape index (κ1) is 22.3. The monoisotopic (exact) mass is 441 g/mol. The number of anilines is 1. The van der Waals surface area contributed by atoms with Crippen molar-refractivity contribution >= 4 is 17.5 Å². The van der Waals surface area contributed by atoms with Gasteiger partial charge in [-0.2, -0.15) is 0 Å². The van der Waals surface area contributed by atoms with Crippen LogP contribution in [0.15, 0.2) is 30.5 Å². The van der Waals surface area contributed by atoms with E-state index >= 15 is 0 Å². The minimum Gasteiger partial charge on any atom is -0.378 e. The van der Waals surface area contributed by atoms with Gasteiger partial charge in [0.05, 0.1) is 31.0 Å². The highest BCUT2D eigenvalue weighted by Crippen LogP contribution is 2.25. The van der Waals surface area contributed by atoms with Crippen LogP contribution in [0.2, 0.25) is 0 Å². The zero-order valence-corrected chi connectivity index (χ0v) is 18.2. The molecule has 2 aliphatic rings. The molecule has 170 valence electrons. The molecule has 2 aromatic rings. The zero-order valence-electron chi connectivity index (χ0n) is 18.2. The van der Waals surface area contributed by atoms with Crippen LogP contribution in [0.3, 0.4) is 0 Å². The molecule has 0 bridgehead atoms. The van der Waals surface area contributed by atoms with E-state index < -0.39 is 0 Å². The lowest BCUT2D eigenvalue weighted by molar-refractivity contribution is -0.117. The molecule has 1 aromatic carbocycles. The van der Waals surface area contributed by atoms with E-state index in [1.807, 2.05) is 6.92 Å². The van der Waals surface area contributed by atoms with E-state index in [0.717, 1.165) is 19.4 Å². The number of nitrogens with one attached hydrogen (secondary N) is 1. The smallest absolute Gasteiger partial charge is 0.257 e. The van der Waals surface area contributed by atoms with E-state index in [0.29, 0.717) is 55.6 Å². The van der Waals surface area contributed by atoms with Gasteiger partial charge in [-0.1, -0.05) is 0 Å². The summed E-state index contributed by atoms with van der Waals surface area (Å²) in [6.45, 7) is 5.85. The summed E-state index contributed by atoms with van der Waals surface area (Å²) in [6.07, 6.45) is 3.51. The summed E-state index contributed by atoms with van der Waals surface area (Å²) < 4.78 is 18.4. The minimum absolute atomic E-state index is 0.0555. The van der Waals surface area contributed by atoms with Crippen LogP contribution in [-0.2, 0) is 9.53 Å². The van der Waals surface area contributed by atoms with Crippen molar-refractivity contribution in [2.75, 3.05) is 51.3 Å². The number of aromatic nitrogens is 2. The average molecular weight is 442 g/mol. The van der Waals surface area contributed by atoms with Crippen LogP contribution in [0, 0.1) is 12.7 Å². The molecule has 2 fully saturated rings. The van der Waals surface area contributed by atoms with Gasteiger partial charge in [0.15, 0.2) is 0 Å². The largest absolute Gasteiger partial charge is 0.378 e. The second kappa shape index (κ2) is 10.1. The number of ether oxygens (including phenoxy) is 1. The Hall–Kier alpha value is -2.91. The van der Waals surface area contributed by atoms with E-state index in [2.05, 4.69) is 20.2 Å². The second-order valence-corrected chi connectivity index (χ2v) is 8.26. The maximum Gasteiger partial charge on any atom is 0.257 e. The Balaban J connectivity index is 1.36. The number of carbonyl (C=O) groups is 2. The van der Waals surface area contributed by atoms with Crippen molar-refractivity contribution in [2.24, 2.45) is 0 Å². The first-order chi connectivity index (χ1) is 15.5. The molecular formula is C23H28FN5O3. The third-order valence-electron chi connectivity index (χ3n) is 5.89. The summed E-state index contributed by atoms with van der Waals surface area (Å²) in [5.41, 5.74) is 1.78. The van der Waals surface area contributed by atoms with Crippen molar-refractivity contribution in [1.82, 2.24) is 19.8 Å². The van der Waals surface area contributed by atoms with Gasteiger partial charge >= 0.3 is 0 Å². The van der Waals surface area contributed by atoms with Crippen molar-refractivity contribution in [3.05, 3.63) is 53.4 Å². The second-order valence-electron chi connectivity index (χ2n) is 8.26. The Morgan fingerprint density at radius 2 is 1.94 bits per heavy atom. The number of aryl methyl sites for hydroxylation is 1. The molecule has 1 atom stereocenters. The lowest BCUT2D eigenvalue weighted by Crippen LogP contribution is -2.41. The Kier molecular flexibility index (Phi) is 7.06.